The number of rotatable bonds is 11. The fraction of sp³-hybridized carbons (Fsp3) is 0.833. The topological polar surface area (TPSA) is 86.2 Å². The van der Waals surface area contributed by atoms with Crippen molar-refractivity contribution in [3.63, 3.8) is 0 Å². The summed E-state index contributed by atoms with van der Waals surface area (Å²) in [5.41, 5.74) is 10.2. The van der Waals surface area contributed by atoms with Gasteiger partial charge in [-0.3, -0.25) is 9.59 Å². The van der Waals surface area contributed by atoms with Crippen LogP contribution in [0.4, 0.5) is 0 Å². The van der Waals surface area contributed by atoms with Crippen LogP contribution in [0.2, 0.25) is 0 Å². The molecule has 0 aromatic carbocycles. The van der Waals surface area contributed by atoms with Crippen LogP contribution in [0.25, 0.3) is 0 Å². The Kier molecular flexibility index (Phi) is 10.0. The molecule has 0 saturated carbocycles. The highest BCUT2D eigenvalue weighted by molar-refractivity contribution is 6.35. The monoisotopic (exact) mass is 228 g/mol. The predicted octanol–water partition coefficient (Wildman–Crippen LogP) is 1.51. The van der Waals surface area contributed by atoms with E-state index in [1.54, 1.807) is 0 Å². The van der Waals surface area contributed by atoms with Gasteiger partial charge in [0.1, 0.15) is 0 Å². The smallest absolute Gasteiger partial charge is 0.284 e. The van der Waals surface area contributed by atoms with E-state index in [0.717, 1.165) is 32.2 Å². The number of carbonyl (C=O) groups excluding carboxylic acids is 2. The van der Waals surface area contributed by atoms with Crippen LogP contribution < -0.4 is 11.5 Å². The normalized spacial score (nSPS) is 10.3. The highest BCUT2D eigenvalue weighted by atomic mass is 16.2. The molecule has 1 amide bonds. The van der Waals surface area contributed by atoms with Gasteiger partial charge in [-0.1, -0.05) is 38.5 Å². The SMILES string of the molecule is NCCCCCCCCCCC(=O)C(N)=O. The van der Waals surface area contributed by atoms with Gasteiger partial charge in [-0.25, -0.2) is 0 Å². The summed E-state index contributed by atoms with van der Waals surface area (Å²) in [7, 11) is 0. The molecule has 0 radical (unpaired) electrons. The molecule has 0 aliphatic heterocycles. The summed E-state index contributed by atoms with van der Waals surface area (Å²) >= 11 is 0. The van der Waals surface area contributed by atoms with Crippen LogP contribution in [0.5, 0.6) is 0 Å². The third-order valence-electron chi connectivity index (χ3n) is 2.63. The Bertz CT molecular complexity index is 205. The standard InChI is InChI=1S/C12H24N2O2/c13-10-8-6-4-2-1-3-5-7-9-11(15)12(14)16/h1-10,13H2,(H2,14,16). The second-order valence-corrected chi connectivity index (χ2v) is 4.15. The van der Waals surface area contributed by atoms with Crippen molar-refractivity contribution in [2.45, 2.75) is 57.8 Å². The molecule has 0 aromatic heterocycles. The highest BCUT2D eigenvalue weighted by Gasteiger charge is 2.07. The van der Waals surface area contributed by atoms with Crippen molar-refractivity contribution in [1.29, 1.82) is 0 Å². The van der Waals surface area contributed by atoms with Gasteiger partial charge in [0.25, 0.3) is 5.91 Å². The minimum absolute atomic E-state index is 0.308. The third kappa shape index (κ3) is 9.65. The average Bonchev–Trinajstić information content (AvgIpc) is 2.26. The Morgan fingerprint density at radius 3 is 1.62 bits per heavy atom. The lowest BCUT2D eigenvalue weighted by molar-refractivity contribution is -0.136. The average molecular weight is 228 g/mol. The molecular weight excluding hydrogens is 204 g/mol. The first-order valence-electron chi connectivity index (χ1n) is 6.21. The molecule has 0 bridgehead atoms. The minimum atomic E-state index is -0.804. The minimum Gasteiger partial charge on any atom is -0.363 e. The van der Waals surface area contributed by atoms with E-state index < -0.39 is 11.7 Å². The molecule has 0 fully saturated rings. The van der Waals surface area contributed by atoms with Gasteiger partial charge in [0.2, 0.25) is 5.78 Å². The second kappa shape index (κ2) is 10.6. The van der Waals surface area contributed by atoms with Crippen LogP contribution in [-0.2, 0) is 9.59 Å². The number of ketones is 1. The summed E-state index contributed by atoms with van der Waals surface area (Å²) in [5.74, 6) is -1.25. The molecule has 4 N–H and O–H groups in total. The van der Waals surface area contributed by atoms with Crippen molar-refractivity contribution >= 4 is 11.7 Å². The Morgan fingerprint density at radius 1 is 0.750 bits per heavy atom. The van der Waals surface area contributed by atoms with E-state index in [2.05, 4.69) is 0 Å². The van der Waals surface area contributed by atoms with Gasteiger partial charge < -0.3 is 11.5 Å². The fourth-order valence-electron chi connectivity index (χ4n) is 1.61. The summed E-state index contributed by atoms with van der Waals surface area (Å²) < 4.78 is 0. The van der Waals surface area contributed by atoms with Crippen LogP contribution in [0.1, 0.15) is 57.8 Å². The molecule has 94 valence electrons. The lowest BCUT2D eigenvalue weighted by Crippen LogP contribution is -2.22. The van der Waals surface area contributed by atoms with Gasteiger partial charge in [0, 0.05) is 6.42 Å². The summed E-state index contributed by atoms with van der Waals surface area (Å²) in [5, 5.41) is 0. The molecule has 0 unspecified atom stereocenters. The van der Waals surface area contributed by atoms with Crippen LogP contribution in [0.3, 0.4) is 0 Å². The van der Waals surface area contributed by atoms with Crippen molar-refractivity contribution < 1.29 is 9.59 Å². The van der Waals surface area contributed by atoms with E-state index in [-0.39, 0.29) is 0 Å². The number of hydrogen-bond acceptors (Lipinski definition) is 3. The molecule has 0 saturated heterocycles. The van der Waals surface area contributed by atoms with Gasteiger partial charge in [-0.2, -0.15) is 0 Å². The van der Waals surface area contributed by atoms with Crippen molar-refractivity contribution in [1.82, 2.24) is 0 Å². The lowest BCUT2D eigenvalue weighted by atomic mass is 10.1. The number of hydrogen-bond donors (Lipinski definition) is 2. The molecule has 0 aliphatic rings. The molecule has 4 heteroatoms. The van der Waals surface area contributed by atoms with Crippen molar-refractivity contribution in [3.05, 3.63) is 0 Å². The summed E-state index contributed by atoms with van der Waals surface area (Å²) in [6, 6.07) is 0. The largest absolute Gasteiger partial charge is 0.363 e. The van der Waals surface area contributed by atoms with Gasteiger partial charge in [-0.05, 0) is 19.4 Å². The van der Waals surface area contributed by atoms with Gasteiger partial charge in [-0.15, -0.1) is 0 Å². The van der Waals surface area contributed by atoms with Crippen LogP contribution in [0, 0.1) is 0 Å². The number of nitrogens with two attached hydrogens (primary N) is 2. The van der Waals surface area contributed by atoms with Gasteiger partial charge in [0.05, 0.1) is 0 Å². The van der Waals surface area contributed by atoms with E-state index in [4.69, 9.17) is 11.5 Å². The van der Waals surface area contributed by atoms with E-state index in [1.165, 1.54) is 25.7 Å². The maximum Gasteiger partial charge on any atom is 0.284 e. The summed E-state index contributed by atoms with van der Waals surface area (Å²) in [6.07, 6.45) is 9.26. The summed E-state index contributed by atoms with van der Waals surface area (Å²) in [6.45, 7) is 0.787. The molecule has 16 heavy (non-hydrogen) atoms. The van der Waals surface area contributed by atoms with E-state index in [0.29, 0.717) is 6.42 Å². The number of unbranched alkanes of at least 4 members (excludes halogenated alkanes) is 7. The fourth-order valence-corrected chi connectivity index (χ4v) is 1.61. The number of primary amides is 1. The van der Waals surface area contributed by atoms with E-state index in [1.807, 2.05) is 0 Å². The number of amides is 1. The Morgan fingerprint density at radius 2 is 1.19 bits per heavy atom. The van der Waals surface area contributed by atoms with Crippen LogP contribution >= 0.6 is 0 Å². The first-order valence-corrected chi connectivity index (χ1v) is 6.21. The molecule has 4 nitrogen and oxygen atoms in total. The maximum atomic E-state index is 10.9. The summed E-state index contributed by atoms with van der Waals surface area (Å²) in [4.78, 5) is 21.3. The molecule has 0 heterocycles. The first-order chi connectivity index (χ1) is 7.68. The zero-order valence-electron chi connectivity index (χ0n) is 10.0. The Labute approximate surface area is 97.8 Å². The van der Waals surface area contributed by atoms with E-state index >= 15 is 0 Å². The molecule has 0 atom stereocenters. The number of carbonyl (C=O) groups is 2. The highest BCUT2D eigenvalue weighted by Crippen LogP contribution is 2.09. The quantitative estimate of drug-likeness (QED) is 0.415. The maximum absolute atomic E-state index is 10.9. The lowest BCUT2D eigenvalue weighted by Gasteiger charge is -2.01. The van der Waals surface area contributed by atoms with Crippen molar-refractivity contribution in [2.24, 2.45) is 11.5 Å². The van der Waals surface area contributed by atoms with E-state index in [9.17, 15) is 9.59 Å². The first kappa shape index (κ1) is 15.1. The Balaban J connectivity index is 3.10. The second-order valence-electron chi connectivity index (χ2n) is 4.15. The van der Waals surface area contributed by atoms with Gasteiger partial charge >= 0.3 is 0 Å². The van der Waals surface area contributed by atoms with Crippen molar-refractivity contribution in [2.75, 3.05) is 6.54 Å². The molecule has 0 aromatic rings. The van der Waals surface area contributed by atoms with Gasteiger partial charge in [0.15, 0.2) is 0 Å². The molecule has 0 aliphatic carbocycles. The van der Waals surface area contributed by atoms with Crippen LogP contribution in [0.15, 0.2) is 0 Å². The Hall–Kier alpha value is -0.900. The predicted molar refractivity (Wildman–Crippen MR) is 64.8 cm³/mol. The molecule has 0 rings (SSSR count). The van der Waals surface area contributed by atoms with Crippen molar-refractivity contribution in [3.8, 4) is 0 Å². The van der Waals surface area contributed by atoms with Crippen LogP contribution in [-0.4, -0.2) is 18.2 Å². The zero-order valence-corrected chi connectivity index (χ0v) is 10.0. The number of Topliss-reactive ketones (excluding diaryl/α,β-unsaturated/α-hetero) is 1. The zero-order chi connectivity index (χ0) is 12.2. The third-order valence-corrected chi connectivity index (χ3v) is 2.63. The molecular formula is C12H24N2O2. The molecule has 0 spiro atoms.